The molecule has 3 atom stereocenters. The van der Waals surface area contributed by atoms with Gasteiger partial charge in [-0.15, -0.1) is 0 Å². The van der Waals surface area contributed by atoms with Gasteiger partial charge in [-0.1, -0.05) is 0 Å². The second-order valence-corrected chi connectivity index (χ2v) is 8.19. The summed E-state index contributed by atoms with van der Waals surface area (Å²) in [5, 5.41) is 3.19. The van der Waals surface area contributed by atoms with Gasteiger partial charge in [0.15, 0.2) is 5.82 Å². The smallest absolute Gasteiger partial charge is 0.365 e. The molecule has 2 aliphatic heterocycles. The summed E-state index contributed by atoms with van der Waals surface area (Å²) in [6.07, 6.45) is 1.63. The number of fused-ring (bicyclic) bond motifs is 2. The van der Waals surface area contributed by atoms with Crippen LogP contribution in [-0.2, 0) is 6.18 Å². The van der Waals surface area contributed by atoms with E-state index in [9.17, 15) is 22.4 Å². The fourth-order valence-electron chi connectivity index (χ4n) is 4.76. The molecule has 6 nitrogen and oxygen atoms in total. The maximum atomic E-state index is 14.0. The molecule has 1 aromatic carbocycles. The van der Waals surface area contributed by atoms with Gasteiger partial charge in [0.1, 0.15) is 11.6 Å². The minimum atomic E-state index is -4.45. The number of pyridine rings is 1. The molecule has 5 rings (SSSR count). The van der Waals surface area contributed by atoms with Gasteiger partial charge >= 0.3 is 6.18 Å². The highest BCUT2D eigenvalue weighted by Gasteiger charge is 2.49. The summed E-state index contributed by atoms with van der Waals surface area (Å²) < 4.78 is 52.4. The van der Waals surface area contributed by atoms with Gasteiger partial charge < -0.3 is 10.2 Å². The summed E-state index contributed by atoms with van der Waals surface area (Å²) >= 11 is 0. The molecule has 33 heavy (non-hydrogen) atoms. The summed E-state index contributed by atoms with van der Waals surface area (Å²) in [6.45, 7) is 0. The third-order valence-corrected chi connectivity index (χ3v) is 6.21. The topological polar surface area (TPSA) is 71.0 Å². The van der Waals surface area contributed by atoms with Crippen LogP contribution in [0.4, 0.5) is 23.4 Å². The molecule has 1 amide bonds. The third-order valence-electron chi connectivity index (χ3n) is 6.21. The molecule has 1 N–H and O–H groups in total. The van der Waals surface area contributed by atoms with Crippen LogP contribution < -0.4 is 5.32 Å². The molecule has 2 bridgehead atoms. The van der Waals surface area contributed by atoms with E-state index in [0.29, 0.717) is 23.4 Å². The van der Waals surface area contributed by atoms with E-state index < -0.39 is 17.6 Å². The van der Waals surface area contributed by atoms with Crippen LogP contribution in [0.3, 0.4) is 0 Å². The minimum absolute atomic E-state index is 0.0240. The van der Waals surface area contributed by atoms with Crippen molar-refractivity contribution in [3.05, 3.63) is 71.9 Å². The predicted molar refractivity (Wildman–Crippen MR) is 112 cm³/mol. The number of rotatable bonds is 4. The number of alkyl halides is 3. The SMILES string of the molecule is O=C(c1ccc(F)cc1-c1ncccn1)N1[C@@H]2CC[C@H]1[C@H](Nc1ccc(C(F)(F)F)cn1)C2. The molecule has 0 saturated carbocycles. The number of aromatic nitrogens is 3. The quantitative estimate of drug-likeness (QED) is 0.582. The van der Waals surface area contributed by atoms with Crippen LogP contribution >= 0.6 is 0 Å². The van der Waals surface area contributed by atoms with Crippen LogP contribution in [-0.4, -0.2) is 43.9 Å². The van der Waals surface area contributed by atoms with Gasteiger partial charge in [0.2, 0.25) is 0 Å². The van der Waals surface area contributed by atoms with Gasteiger partial charge in [-0.25, -0.2) is 19.3 Å². The van der Waals surface area contributed by atoms with Crippen molar-refractivity contribution in [2.45, 2.75) is 43.6 Å². The average molecular weight is 457 g/mol. The van der Waals surface area contributed by atoms with Crippen LogP contribution in [0.15, 0.2) is 55.0 Å². The first-order valence-electron chi connectivity index (χ1n) is 10.5. The Hall–Kier alpha value is -3.56. The number of halogens is 4. The molecular formula is C23H19F4N5O. The minimum Gasteiger partial charge on any atom is -0.365 e. The third kappa shape index (κ3) is 4.01. The van der Waals surface area contributed by atoms with Gasteiger partial charge in [0.05, 0.1) is 17.2 Å². The lowest BCUT2D eigenvalue weighted by atomic mass is 9.95. The van der Waals surface area contributed by atoms with E-state index in [4.69, 9.17) is 0 Å². The van der Waals surface area contributed by atoms with Crippen molar-refractivity contribution in [3.63, 3.8) is 0 Å². The Morgan fingerprint density at radius 3 is 2.55 bits per heavy atom. The number of carbonyl (C=O) groups is 1. The number of amides is 1. The second-order valence-electron chi connectivity index (χ2n) is 8.19. The van der Waals surface area contributed by atoms with Crippen LogP contribution in [0.1, 0.15) is 35.2 Å². The number of hydrogen-bond acceptors (Lipinski definition) is 5. The fourth-order valence-corrected chi connectivity index (χ4v) is 4.76. The highest BCUT2D eigenvalue weighted by Crippen LogP contribution is 2.41. The van der Waals surface area contributed by atoms with Crippen LogP contribution in [0, 0.1) is 5.82 Å². The molecule has 2 aromatic heterocycles. The molecule has 2 fully saturated rings. The van der Waals surface area contributed by atoms with Gasteiger partial charge in [0.25, 0.3) is 5.91 Å². The summed E-state index contributed by atoms with van der Waals surface area (Å²) in [5.74, 6) is -0.149. The molecule has 2 saturated heterocycles. The van der Waals surface area contributed by atoms with Crippen LogP contribution in [0.2, 0.25) is 0 Å². The van der Waals surface area contributed by atoms with Crippen molar-refractivity contribution < 1.29 is 22.4 Å². The molecular weight excluding hydrogens is 438 g/mol. The Morgan fingerprint density at radius 1 is 1.06 bits per heavy atom. The zero-order valence-corrected chi connectivity index (χ0v) is 17.3. The molecule has 4 heterocycles. The molecule has 3 aromatic rings. The fraction of sp³-hybridized carbons (Fsp3) is 0.304. The van der Waals surface area contributed by atoms with Crippen molar-refractivity contribution >= 4 is 11.7 Å². The van der Waals surface area contributed by atoms with Gasteiger partial charge in [-0.3, -0.25) is 4.79 Å². The molecule has 0 aliphatic carbocycles. The van der Waals surface area contributed by atoms with E-state index in [0.717, 1.165) is 25.1 Å². The van der Waals surface area contributed by atoms with E-state index in [1.54, 1.807) is 11.0 Å². The Bertz CT molecular complexity index is 1170. The predicted octanol–water partition coefficient (Wildman–Crippen LogP) is 4.55. The average Bonchev–Trinajstić information content (AvgIpc) is 3.37. The number of benzene rings is 1. The zero-order chi connectivity index (χ0) is 23.2. The highest BCUT2D eigenvalue weighted by molar-refractivity contribution is 6.01. The summed E-state index contributed by atoms with van der Waals surface area (Å²) in [5.41, 5.74) is -0.182. The van der Waals surface area contributed by atoms with E-state index in [1.807, 2.05) is 0 Å². The second kappa shape index (κ2) is 8.09. The number of nitrogens with zero attached hydrogens (tertiary/aromatic N) is 4. The number of nitrogens with one attached hydrogen (secondary N) is 1. The molecule has 0 unspecified atom stereocenters. The van der Waals surface area contributed by atoms with Gasteiger partial charge in [-0.2, -0.15) is 13.2 Å². The van der Waals surface area contributed by atoms with Gasteiger partial charge in [-0.05, 0) is 55.7 Å². The summed E-state index contributed by atoms with van der Waals surface area (Å²) in [6, 6.07) is 7.53. The normalized spacial score (nSPS) is 21.9. The molecule has 0 radical (unpaired) electrons. The van der Waals surface area contributed by atoms with E-state index >= 15 is 0 Å². The molecule has 2 aliphatic rings. The summed E-state index contributed by atoms with van der Waals surface area (Å²) in [4.78, 5) is 27.5. The van der Waals surface area contributed by atoms with Crippen molar-refractivity contribution in [3.8, 4) is 11.4 Å². The number of hydrogen-bond donors (Lipinski definition) is 1. The first-order valence-corrected chi connectivity index (χ1v) is 10.5. The van der Waals surface area contributed by atoms with Crippen molar-refractivity contribution in [1.29, 1.82) is 0 Å². The lowest BCUT2D eigenvalue weighted by Gasteiger charge is -2.26. The van der Waals surface area contributed by atoms with Crippen LogP contribution in [0.25, 0.3) is 11.4 Å². The van der Waals surface area contributed by atoms with Crippen molar-refractivity contribution in [2.75, 3.05) is 5.32 Å². The van der Waals surface area contributed by atoms with E-state index in [2.05, 4.69) is 20.3 Å². The number of carbonyl (C=O) groups excluding carboxylic acids is 1. The van der Waals surface area contributed by atoms with E-state index in [1.165, 1.54) is 36.7 Å². The number of anilines is 1. The largest absolute Gasteiger partial charge is 0.417 e. The lowest BCUT2D eigenvalue weighted by molar-refractivity contribution is -0.137. The molecule has 0 spiro atoms. The first-order chi connectivity index (χ1) is 15.8. The Morgan fingerprint density at radius 2 is 1.85 bits per heavy atom. The molecule has 170 valence electrons. The Balaban J connectivity index is 1.38. The van der Waals surface area contributed by atoms with E-state index in [-0.39, 0.29) is 29.9 Å². The summed E-state index contributed by atoms with van der Waals surface area (Å²) in [7, 11) is 0. The Labute approximate surface area is 186 Å². The van der Waals surface area contributed by atoms with Crippen LogP contribution in [0.5, 0.6) is 0 Å². The zero-order valence-electron chi connectivity index (χ0n) is 17.3. The highest BCUT2D eigenvalue weighted by atomic mass is 19.4. The monoisotopic (exact) mass is 457 g/mol. The Kier molecular flexibility index (Phi) is 5.22. The maximum absolute atomic E-state index is 14.0. The molecule has 10 heteroatoms. The lowest BCUT2D eigenvalue weighted by Crippen LogP contribution is -2.40. The maximum Gasteiger partial charge on any atom is 0.417 e. The van der Waals surface area contributed by atoms with Crippen molar-refractivity contribution in [1.82, 2.24) is 19.9 Å². The standard InChI is InChI=1S/C23H19F4N5O/c24-14-3-5-16(17(10-14)21-28-8-1-9-29-21)22(33)32-15-4-6-19(32)18(11-15)31-20-7-2-13(12-30-20)23(25,26)27/h1-3,5,7-10,12,15,18-19H,4,6,11H2,(H,30,31)/t15-,18-,19+/m1/s1. The first kappa shape index (κ1) is 21.3. The van der Waals surface area contributed by atoms with Crippen molar-refractivity contribution in [2.24, 2.45) is 0 Å². The van der Waals surface area contributed by atoms with Gasteiger partial charge in [0, 0.05) is 36.2 Å².